The third-order valence-electron chi connectivity index (χ3n) is 7.96. The second kappa shape index (κ2) is 11.5. The summed E-state index contributed by atoms with van der Waals surface area (Å²) < 4.78 is 8.41. The van der Waals surface area contributed by atoms with Crippen LogP contribution in [0.4, 0.5) is 0 Å². The molecule has 0 bridgehead atoms. The zero-order chi connectivity index (χ0) is 29.2. The number of carbonyl (C=O) groups is 1. The minimum absolute atomic E-state index is 0.0470. The quantitative estimate of drug-likeness (QED) is 0.191. The van der Waals surface area contributed by atoms with Gasteiger partial charge in [-0.3, -0.25) is 4.79 Å². The van der Waals surface area contributed by atoms with Crippen molar-refractivity contribution >= 4 is 28.0 Å². The Kier molecular flexibility index (Phi) is 7.05. The molecule has 0 unspecified atom stereocenters. The molecule has 1 N–H and O–H groups in total. The molecule has 0 aliphatic heterocycles. The molecule has 5 aromatic carbocycles. The fourth-order valence-corrected chi connectivity index (χ4v) is 5.88. The highest BCUT2D eigenvalue weighted by atomic mass is 16.4. The van der Waals surface area contributed by atoms with E-state index < -0.39 is 5.97 Å². The number of carboxylic acid groups (broad SMARTS) is 1. The van der Waals surface area contributed by atoms with Crippen LogP contribution in [0.25, 0.3) is 44.3 Å². The van der Waals surface area contributed by atoms with Crippen LogP contribution in [-0.4, -0.2) is 20.6 Å². The van der Waals surface area contributed by atoms with Gasteiger partial charge in [-0.15, -0.1) is 0 Å². The number of aryl methyl sites for hydroxylation is 1. The van der Waals surface area contributed by atoms with Crippen molar-refractivity contribution in [1.29, 1.82) is 0 Å². The summed E-state index contributed by atoms with van der Waals surface area (Å²) in [5.41, 5.74) is 9.45. The van der Waals surface area contributed by atoms with Crippen LogP contribution in [0.15, 0.2) is 132 Å². The molecule has 2 heterocycles. The van der Waals surface area contributed by atoms with Crippen molar-refractivity contribution in [1.82, 2.24) is 9.55 Å². The predicted molar refractivity (Wildman–Crippen MR) is 171 cm³/mol. The number of carboxylic acids is 1. The van der Waals surface area contributed by atoms with Gasteiger partial charge >= 0.3 is 5.97 Å². The SMILES string of the molecule is O=C(O)CCn1c(Cc2ccccc2)nc2cc(-c3ccc(-c4c(Cc5ccccc5)oc5ccccc45)cc3)ccc21. The first-order chi connectivity index (χ1) is 21.1. The number of imidazole rings is 1. The molecule has 5 nitrogen and oxygen atoms in total. The number of hydrogen-bond donors (Lipinski definition) is 1. The summed E-state index contributed by atoms with van der Waals surface area (Å²) in [6.07, 6.45) is 1.41. The lowest BCUT2D eigenvalue weighted by Gasteiger charge is -2.09. The molecule has 210 valence electrons. The normalized spacial score (nSPS) is 11.3. The standard InChI is InChI=1S/C38H30N2O3/c41-37(42)21-22-40-33-20-19-30(25-32(33)39-36(40)24-27-11-5-2-6-12-27)28-15-17-29(18-16-28)38-31-13-7-8-14-34(31)43-35(38)23-26-9-3-1-4-10-26/h1-20,25H,21-24H2,(H,41,42). The van der Waals surface area contributed by atoms with Gasteiger partial charge in [-0.1, -0.05) is 109 Å². The van der Waals surface area contributed by atoms with Crippen LogP contribution in [0.3, 0.4) is 0 Å². The van der Waals surface area contributed by atoms with Gasteiger partial charge < -0.3 is 14.1 Å². The molecular formula is C38H30N2O3. The van der Waals surface area contributed by atoms with E-state index >= 15 is 0 Å². The van der Waals surface area contributed by atoms with Crippen molar-refractivity contribution in [2.75, 3.05) is 0 Å². The number of benzene rings is 5. The van der Waals surface area contributed by atoms with E-state index in [2.05, 4.69) is 91.0 Å². The summed E-state index contributed by atoms with van der Waals surface area (Å²) in [6, 6.07) is 43.7. The van der Waals surface area contributed by atoms with Crippen LogP contribution in [-0.2, 0) is 24.2 Å². The Morgan fingerprint density at radius 2 is 1.33 bits per heavy atom. The molecule has 5 heteroatoms. The predicted octanol–water partition coefficient (Wildman–Crippen LogP) is 8.77. The third kappa shape index (κ3) is 5.45. The van der Waals surface area contributed by atoms with Gasteiger partial charge in [-0.05, 0) is 46.0 Å². The lowest BCUT2D eigenvalue weighted by Crippen LogP contribution is -2.08. The molecule has 0 saturated heterocycles. The Hall–Kier alpha value is -5.42. The molecule has 0 aliphatic rings. The zero-order valence-corrected chi connectivity index (χ0v) is 23.6. The van der Waals surface area contributed by atoms with Gasteiger partial charge in [0.2, 0.25) is 0 Å². The van der Waals surface area contributed by atoms with Crippen molar-refractivity contribution < 1.29 is 14.3 Å². The molecule has 2 aromatic heterocycles. The average Bonchev–Trinajstić information content (AvgIpc) is 3.57. The smallest absolute Gasteiger partial charge is 0.305 e. The molecule has 0 radical (unpaired) electrons. The topological polar surface area (TPSA) is 68.3 Å². The molecule has 0 amide bonds. The van der Waals surface area contributed by atoms with Gasteiger partial charge in [-0.25, -0.2) is 4.98 Å². The summed E-state index contributed by atoms with van der Waals surface area (Å²) >= 11 is 0. The van der Waals surface area contributed by atoms with Crippen molar-refractivity contribution in [2.45, 2.75) is 25.8 Å². The maximum atomic E-state index is 11.4. The first-order valence-electron chi connectivity index (χ1n) is 14.5. The van der Waals surface area contributed by atoms with Crippen LogP contribution < -0.4 is 0 Å². The highest BCUT2D eigenvalue weighted by molar-refractivity contribution is 5.96. The third-order valence-corrected chi connectivity index (χ3v) is 7.96. The maximum absolute atomic E-state index is 11.4. The lowest BCUT2D eigenvalue weighted by atomic mass is 9.96. The van der Waals surface area contributed by atoms with Crippen LogP contribution in [0, 0.1) is 0 Å². The Labute approximate surface area is 249 Å². The molecule has 0 atom stereocenters. The molecule has 0 saturated carbocycles. The monoisotopic (exact) mass is 562 g/mol. The summed E-state index contributed by atoms with van der Waals surface area (Å²) in [7, 11) is 0. The fourth-order valence-electron chi connectivity index (χ4n) is 5.88. The second-order valence-corrected chi connectivity index (χ2v) is 10.8. The van der Waals surface area contributed by atoms with Gasteiger partial charge in [0.05, 0.1) is 17.5 Å². The second-order valence-electron chi connectivity index (χ2n) is 10.8. The van der Waals surface area contributed by atoms with Crippen molar-refractivity contribution in [3.63, 3.8) is 0 Å². The van der Waals surface area contributed by atoms with Crippen molar-refractivity contribution in [3.8, 4) is 22.3 Å². The van der Waals surface area contributed by atoms with E-state index in [-0.39, 0.29) is 6.42 Å². The number of hydrogen-bond acceptors (Lipinski definition) is 3. The Balaban J connectivity index is 1.23. The number of furan rings is 1. The van der Waals surface area contributed by atoms with E-state index in [1.807, 2.05) is 41.0 Å². The molecule has 0 aliphatic carbocycles. The average molecular weight is 563 g/mol. The Bertz CT molecular complexity index is 2040. The van der Waals surface area contributed by atoms with E-state index in [1.54, 1.807) is 0 Å². The number of nitrogens with zero attached hydrogens (tertiary/aromatic N) is 2. The van der Waals surface area contributed by atoms with Crippen LogP contribution in [0.5, 0.6) is 0 Å². The molecule has 0 spiro atoms. The van der Waals surface area contributed by atoms with Gasteiger partial charge in [-0.2, -0.15) is 0 Å². The van der Waals surface area contributed by atoms with Gasteiger partial charge in [0.25, 0.3) is 0 Å². The zero-order valence-electron chi connectivity index (χ0n) is 23.6. The molecule has 0 fully saturated rings. The lowest BCUT2D eigenvalue weighted by molar-refractivity contribution is -0.137. The van der Waals surface area contributed by atoms with Gasteiger partial charge in [0.1, 0.15) is 17.2 Å². The minimum atomic E-state index is -0.818. The van der Waals surface area contributed by atoms with E-state index in [0.29, 0.717) is 13.0 Å². The largest absolute Gasteiger partial charge is 0.481 e. The molecule has 7 rings (SSSR count). The van der Waals surface area contributed by atoms with Crippen LogP contribution in [0.2, 0.25) is 0 Å². The number of aliphatic carboxylic acids is 1. The number of rotatable bonds is 9. The Morgan fingerprint density at radius 3 is 2.05 bits per heavy atom. The number of para-hydroxylation sites is 1. The minimum Gasteiger partial charge on any atom is -0.481 e. The first-order valence-corrected chi connectivity index (χ1v) is 14.5. The van der Waals surface area contributed by atoms with Crippen molar-refractivity contribution in [3.05, 3.63) is 150 Å². The van der Waals surface area contributed by atoms with Crippen molar-refractivity contribution in [2.24, 2.45) is 0 Å². The summed E-state index contributed by atoms with van der Waals surface area (Å²) in [6.45, 7) is 0.381. The fraction of sp³-hybridized carbons (Fsp3) is 0.105. The molecular weight excluding hydrogens is 532 g/mol. The van der Waals surface area contributed by atoms with Gasteiger partial charge in [0.15, 0.2) is 0 Å². The summed E-state index contributed by atoms with van der Waals surface area (Å²) in [5, 5.41) is 10.5. The maximum Gasteiger partial charge on any atom is 0.305 e. The summed E-state index contributed by atoms with van der Waals surface area (Å²) in [4.78, 5) is 16.4. The highest BCUT2D eigenvalue weighted by Gasteiger charge is 2.17. The van der Waals surface area contributed by atoms with E-state index in [4.69, 9.17) is 9.40 Å². The molecule has 43 heavy (non-hydrogen) atoms. The van der Waals surface area contributed by atoms with Gasteiger partial charge in [0, 0.05) is 30.3 Å². The van der Waals surface area contributed by atoms with E-state index in [9.17, 15) is 9.90 Å². The van der Waals surface area contributed by atoms with E-state index in [1.165, 1.54) is 5.56 Å². The Morgan fingerprint density at radius 1 is 0.698 bits per heavy atom. The first kappa shape index (κ1) is 26.5. The van der Waals surface area contributed by atoms with E-state index in [0.717, 1.165) is 67.8 Å². The molecule has 7 aromatic rings. The summed E-state index contributed by atoms with van der Waals surface area (Å²) in [5.74, 6) is 1.01. The highest BCUT2D eigenvalue weighted by Crippen LogP contribution is 2.37. The van der Waals surface area contributed by atoms with Crippen LogP contribution >= 0.6 is 0 Å². The number of fused-ring (bicyclic) bond motifs is 2. The van der Waals surface area contributed by atoms with Crippen LogP contribution in [0.1, 0.15) is 29.1 Å². The number of aromatic nitrogens is 2.